The second-order valence-electron chi connectivity index (χ2n) is 3.37. The van der Waals surface area contributed by atoms with Crippen LogP contribution in [0.15, 0.2) is 12.3 Å². The van der Waals surface area contributed by atoms with Crippen molar-refractivity contribution in [3.05, 3.63) is 23.4 Å². The minimum atomic E-state index is -2.94. The first-order valence-electron chi connectivity index (χ1n) is 4.28. The Morgan fingerprint density at radius 1 is 1.50 bits per heavy atom. The molecule has 0 bridgehead atoms. The van der Waals surface area contributed by atoms with Crippen LogP contribution in [0.2, 0.25) is 0 Å². The first-order chi connectivity index (χ1) is 6.40. The molecule has 0 spiro atoms. The fraction of sp³-hybridized carbons (Fsp3) is 0.444. The van der Waals surface area contributed by atoms with E-state index >= 15 is 0 Å². The Morgan fingerprint density at radius 2 is 2.14 bits per heavy atom. The van der Waals surface area contributed by atoms with Gasteiger partial charge in [-0.25, -0.2) is 13.4 Å². The van der Waals surface area contributed by atoms with Gasteiger partial charge >= 0.3 is 0 Å². The lowest BCUT2D eigenvalue weighted by Gasteiger charge is -2.06. The van der Waals surface area contributed by atoms with E-state index in [0.717, 1.165) is 11.1 Å². The van der Waals surface area contributed by atoms with Crippen molar-refractivity contribution in [1.82, 2.24) is 4.98 Å². The third-order valence-corrected chi connectivity index (χ3v) is 2.99. The van der Waals surface area contributed by atoms with Crippen molar-refractivity contribution in [1.29, 1.82) is 0 Å². The number of anilines is 1. The van der Waals surface area contributed by atoms with Gasteiger partial charge in [-0.2, -0.15) is 0 Å². The largest absolute Gasteiger partial charge is 0.383 e. The van der Waals surface area contributed by atoms with Gasteiger partial charge in [0, 0.05) is 12.5 Å². The molecule has 0 radical (unpaired) electrons. The summed E-state index contributed by atoms with van der Waals surface area (Å²) in [6, 6.07) is 1.83. The number of aromatic nitrogens is 1. The quantitative estimate of drug-likeness (QED) is 0.798. The van der Waals surface area contributed by atoms with Crippen LogP contribution >= 0.6 is 0 Å². The fourth-order valence-electron chi connectivity index (χ4n) is 1.22. The van der Waals surface area contributed by atoms with Gasteiger partial charge in [0.2, 0.25) is 0 Å². The molecule has 0 saturated carbocycles. The van der Waals surface area contributed by atoms with E-state index < -0.39 is 9.84 Å². The predicted octanol–water partition coefficient (Wildman–Crippen LogP) is 0.559. The van der Waals surface area contributed by atoms with E-state index in [1.807, 2.05) is 13.0 Å². The SMILES string of the molecule is Cc1ccnc(N)c1CCS(C)(=O)=O. The maximum absolute atomic E-state index is 11.0. The molecule has 0 aliphatic heterocycles. The van der Waals surface area contributed by atoms with E-state index in [4.69, 9.17) is 5.73 Å². The van der Waals surface area contributed by atoms with Gasteiger partial charge in [-0.3, -0.25) is 0 Å². The monoisotopic (exact) mass is 214 g/mol. The molecule has 0 amide bonds. The molecule has 0 saturated heterocycles. The number of hydrogen-bond acceptors (Lipinski definition) is 4. The molecule has 78 valence electrons. The Balaban J connectivity index is 2.87. The van der Waals surface area contributed by atoms with Gasteiger partial charge in [0.15, 0.2) is 0 Å². The number of nitrogens with zero attached hydrogens (tertiary/aromatic N) is 1. The molecule has 4 nitrogen and oxygen atoms in total. The first kappa shape index (κ1) is 11.0. The highest BCUT2D eigenvalue weighted by molar-refractivity contribution is 7.90. The molecule has 14 heavy (non-hydrogen) atoms. The first-order valence-corrected chi connectivity index (χ1v) is 6.34. The standard InChI is InChI=1S/C9H14N2O2S/c1-7-3-5-11-9(10)8(7)4-6-14(2,12)13/h3,5H,4,6H2,1-2H3,(H2,10,11). The highest BCUT2D eigenvalue weighted by Gasteiger charge is 2.08. The summed E-state index contributed by atoms with van der Waals surface area (Å²) in [4.78, 5) is 3.92. The maximum Gasteiger partial charge on any atom is 0.147 e. The minimum absolute atomic E-state index is 0.115. The zero-order chi connectivity index (χ0) is 10.8. The second-order valence-corrected chi connectivity index (χ2v) is 5.63. The van der Waals surface area contributed by atoms with Crippen LogP contribution in [0, 0.1) is 6.92 Å². The van der Waals surface area contributed by atoms with Crippen molar-refractivity contribution in [3.8, 4) is 0 Å². The average molecular weight is 214 g/mol. The third kappa shape index (κ3) is 2.99. The average Bonchev–Trinajstić information content (AvgIpc) is 2.01. The molecule has 0 fully saturated rings. The van der Waals surface area contributed by atoms with Crippen LogP contribution in [0.5, 0.6) is 0 Å². The van der Waals surface area contributed by atoms with E-state index in [1.54, 1.807) is 6.20 Å². The summed E-state index contributed by atoms with van der Waals surface area (Å²) in [5.41, 5.74) is 7.46. The molecular formula is C9H14N2O2S. The number of rotatable bonds is 3. The van der Waals surface area contributed by atoms with E-state index in [9.17, 15) is 8.42 Å². The lowest BCUT2D eigenvalue weighted by Crippen LogP contribution is -2.09. The number of aryl methyl sites for hydroxylation is 1. The molecular weight excluding hydrogens is 200 g/mol. The lowest BCUT2D eigenvalue weighted by atomic mass is 10.1. The Hall–Kier alpha value is -1.10. The normalized spacial score (nSPS) is 11.6. The molecule has 1 aromatic heterocycles. The molecule has 5 heteroatoms. The van der Waals surface area contributed by atoms with Gasteiger partial charge < -0.3 is 5.73 Å². The van der Waals surface area contributed by atoms with Crippen molar-refractivity contribution < 1.29 is 8.42 Å². The van der Waals surface area contributed by atoms with Crippen molar-refractivity contribution in [2.24, 2.45) is 0 Å². The second kappa shape index (κ2) is 3.96. The van der Waals surface area contributed by atoms with Gasteiger partial charge in [0.05, 0.1) is 5.75 Å². The fourth-order valence-corrected chi connectivity index (χ4v) is 1.80. The molecule has 1 aromatic rings. The smallest absolute Gasteiger partial charge is 0.147 e. The van der Waals surface area contributed by atoms with Gasteiger partial charge in [-0.15, -0.1) is 0 Å². The number of nitrogens with two attached hydrogens (primary N) is 1. The summed E-state index contributed by atoms with van der Waals surface area (Å²) >= 11 is 0. The molecule has 0 unspecified atom stereocenters. The van der Waals surface area contributed by atoms with Crippen LogP contribution in [0.4, 0.5) is 5.82 Å². The van der Waals surface area contributed by atoms with Crippen molar-refractivity contribution in [2.45, 2.75) is 13.3 Å². The van der Waals surface area contributed by atoms with E-state index in [-0.39, 0.29) is 5.75 Å². The summed E-state index contributed by atoms with van der Waals surface area (Å²) in [6.45, 7) is 1.90. The number of nitrogen functional groups attached to an aromatic ring is 1. The highest BCUT2D eigenvalue weighted by atomic mass is 32.2. The predicted molar refractivity (Wildman–Crippen MR) is 56.8 cm³/mol. The highest BCUT2D eigenvalue weighted by Crippen LogP contribution is 2.14. The molecule has 0 aliphatic carbocycles. The van der Waals surface area contributed by atoms with Gasteiger partial charge in [0.25, 0.3) is 0 Å². The number of hydrogen-bond donors (Lipinski definition) is 1. The zero-order valence-electron chi connectivity index (χ0n) is 8.32. The van der Waals surface area contributed by atoms with Crippen LogP contribution in [0.1, 0.15) is 11.1 Å². The summed E-state index contributed by atoms with van der Waals surface area (Å²) in [6.07, 6.45) is 3.27. The zero-order valence-corrected chi connectivity index (χ0v) is 9.13. The Kier molecular flexibility index (Phi) is 3.10. The number of pyridine rings is 1. The Labute approximate surface area is 84.1 Å². The Morgan fingerprint density at radius 3 is 2.64 bits per heavy atom. The van der Waals surface area contributed by atoms with Crippen LogP contribution in [0.3, 0.4) is 0 Å². The van der Waals surface area contributed by atoms with Crippen LogP contribution in [-0.2, 0) is 16.3 Å². The molecule has 1 rings (SSSR count). The van der Waals surface area contributed by atoms with E-state index in [2.05, 4.69) is 4.98 Å². The van der Waals surface area contributed by atoms with Crippen molar-refractivity contribution in [3.63, 3.8) is 0 Å². The maximum atomic E-state index is 11.0. The summed E-state index contributed by atoms with van der Waals surface area (Å²) in [5.74, 6) is 0.539. The van der Waals surface area contributed by atoms with Crippen molar-refractivity contribution >= 4 is 15.7 Å². The number of sulfone groups is 1. The van der Waals surface area contributed by atoms with Crippen LogP contribution < -0.4 is 5.73 Å². The minimum Gasteiger partial charge on any atom is -0.383 e. The summed E-state index contributed by atoms with van der Waals surface area (Å²) in [5, 5.41) is 0. The van der Waals surface area contributed by atoms with Crippen LogP contribution in [-0.4, -0.2) is 25.4 Å². The summed E-state index contributed by atoms with van der Waals surface area (Å²) in [7, 11) is -2.94. The van der Waals surface area contributed by atoms with E-state index in [1.165, 1.54) is 6.26 Å². The van der Waals surface area contributed by atoms with Gasteiger partial charge in [0.1, 0.15) is 15.7 Å². The lowest BCUT2D eigenvalue weighted by molar-refractivity contribution is 0.601. The van der Waals surface area contributed by atoms with Gasteiger partial charge in [-0.1, -0.05) is 0 Å². The van der Waals surface area contributed by atoms with Crippen LogP contribution in [0.25, 0.3) is 0 Å². The summed E-state index contributed by atoms with van der Waals surface area (Å²) < 4.78 is 21.9. The Bertz CT molecular complexity index is 406. The molecule has 0 aromatic carbocycles. The third-order valence-electron chi connectivity index (χ3n) is 2.05. The molecule has 0 atom stereocenters. The molecule has 1 heterocycles. The van der Waals surface area contributed by atoms with E-state index in [0.29, 0.717) is 12.2 Å². The van der Waals surface area contributed by atoms with Crippen molar-refractivity contribution in [2.75, 3.05) is 17.7 Å². The molecule has 0 aliphatic rings. The topological polar surface area (TPSA) is 73.0 Å². The van der Waals surface area contributed by atoms with Gasteiger partial charge in [-0.05, 0) is 30.5 Å². The molecule has 2 N–H and O–H groups in total.